The molecule has 2 unspecified atom stereocenters. The Morgan fingerprint density at radius 3 is 2.65 bits per heavy atom. The number of carbonyl (C=O) groups excluding carboxylic acids is 3. The number of fused-ring (bicyclic) bond motifs is 1. The second kappa shape index (κ2) is 12.3. The highest BCUT2D eigenvalue weighted by molar-refractivity contribution is 6.05. The van der Waals surface area contributed by atoms with Crippen LogP contribution in [0.1, 0.15) is 63.0 Å². The second-order valence-corrected chi connectivity index (χ2v) is 11.4. The molecule has 1 aromatic carbocycles. The maximum atomic E-state index is 14.6. The zero-order valence-electron chi connectivity index (χ0n) is 24.2. The first-order chi connectivity index (χ1) is 19.2. The van der Waals surface area contributed by atoms with Crippen LogP contribution in [0.5, 0.6) is 0 Å². The van der Waals surface area contributed by atoms with Crippen molar-refractivity contribution in [3.05, 3.63) is 54.6 Å². The van der Waals surface area contributed by atoms with Gasteiger partial charge in [0.2, 0.25) is 5.91 Å². The van der Waals surface area contributed by atoms with Gasteiger partial charge < -0.3 is 24.4 Å². The van der Waals surface area contributed by atoms with Gasteiger partial charge in [0.05, 0.1) is 18.1 Å². The number of rotatable bonds is 14. The molecule has 3 heterocycles. The number of esters is 1. The summed E-state index contributed by atoms with van der Waals surface area (Å²) < 4.78 is 12.5. The molecule has 40 heavy (non-hydrogen) atoms. The summed E-state index contributed by atoms with van der Waals surface area (Å²) in [6.45, 7) is 14.1. The molecule has 0 aliphatic carbocycles. The lowest BCUT2D eigenvalue weighted by Gasteiger charge is -2.37. The van der Waals surface area contributed by atoms with Crippen LogP contribution in [-0.2, 0) is 23.9 Å². The summed E-state index contributed by atoms with van der Waals surface area (Å²) in [5.41, 5.74) is 0.719. The predicted molar refractivity (Wildman–Crippen MR) is 154 cm³/mol. The van der Waals surface area contributed by atoms with E-state index in [1.165, 1.54) is 0 Å². The van der Waals surface area contributed by atoms with Crippen LogP contribution in [0.25, 0.3) is 0 Å². The minimum Gasteiger partial charge on any atom is -0.465 e. The molecule has 3 saturated heterocycles. The van der Waals surface area contributed by atoms with Crippen LogP contribution >= 0.6 is 0 Å². The zero-order valence-corrected chi connectivity index (χ0v) is 24.2. The van der Waals surface area contributed by atoms with Gasteiger partial charge in [-0.15, -0.1) is 13.2 Å². The lowest BCUT2D eigenvalue weighted by molar-refractivity contribution is -0.161. The number of hydrogen-bond donors (Lipinski definition) is 1. The third-order valence-corrected chi connectivity index (χ3v) is 9.01. The van der Waals surface area contributed by atoms with E-state index in [0.717, 1.165) is 29.7 Å². The van der Waals surface area contributed by atoms with Crippen molar-refractivity contribution in [3.63, 3.8) is 0 Å². The number of aryl methyl sites for hydroxylation is 2. The molecule has 1 spiro atoms. The molecule has 2 amide bonds. The molecule has 8 nitrogen and oxygen atoms in total. The van der Waals surface area contributed by atoms with E-state index in [-0.39, 0.29) is 38.1 Å². The molecule has 3 aliphatic rings. The summed E-state index contributed by atoms with van der Waals surface area (Å²) >= 11 is 0. The van der Waals surface area contributed by atoms with E-state index in [0.29, 0.717) is 32.1 Å². The first-order valence-corrected chi connectivity index (χ1v) is 14.6. The highest BCUT2D eigenvalue weighted by Crippen LogP contribution is 2.64. The van der Waals surface area contributed by atoms with Gasteiger partial charge in [-0.3, -0.25) is 14.4 Å². The van der Waals surface area contributed by atoms with Gasteiger partial charge in [0.1, 0.15) is 17.6 Å². The Hall–Kier alpha value is -2.97. The first kappa shape index (κ1) is 30.0. The highest BCUT2D eigenvalue weighted by Gasteiger charge is 2.79. The Bertz CT molecular complexity index is 1150. The van der Waals surface area contributed by atoms with Gasteiger partial charge in [-0.1, -0.05) is 31.2 Å². The van der Waals surface area contributed by atoms with E-state index >= 15 is 0 Å². The van der Waals surface area contributed by atoms with Crippen molar-refractivity contribution in [1.29, 1.82) is 0 Å². The number of nitrogens with zero attached hydrogens (tertiary/aromatic N) is 2. The molecule has 1 aromatic rings. The minimum absolute atomic E-state index is 0.119. The molecule has 1 N–H and O–H groups in total. The van der Waals surface area contributed by atoms with Gasteiger partial charge in [0.25, 0.3) is 5.91 Å². The van der Waals surface area contributed by atoms with Crippen molar-refractivity contribution in [2.24, 2.45) is 11.8 Å². The molecule has 8 heteroatoms. The minimum atomic E-state index is -1.14. The van der Waals surface area contributed by atoms with Crippen molar-refractivity contribution in [2.45, 2.75) is 83.0 Å². The Morgan fingerprint density at radius 1 is 1.20 bits per heavy atom. The third-order valence-electron chi connectivity index (χ3n) is 9.01. The summed E-state index contributed by atoms with van der Waals surface area (Å²) in [5.74, 6) is -2.53. The fourth-order valence-electron chi connectivity index (χ4n) is 7.08. The number of hydrogen-bond acceptors (Lipinski definition) is 6. The summed E-state index contributed by atoms with van der Waals surface area (Å²) in [4.78, 5) is 45.6. The van der Waals surface area contributed by atoms with Crippen molar-refractivity contribution in [3.8, 4) is 0 Å². The maximum Gasteiger partial charge on any atom is 0.312 e. The summed E-state index contributed by atoms with van der Waals surface area (Å²) in [7, 11) is 0. The Balaban J connectivity index is 1.74. The molecular weight excluding hydrogens is 508 g/mol. The number of carbonyl (C=O) groups is 3. The molecule has 5 atom stereocenters. The van der Waals surface area contributed by atoms with Crippen molar-refractivity contribution < 1.29 is 29.0 Å². The normalized spacial score (nSPS) is 28.4. The number of likely N-dealkylation sites (tertiary alicyclic amines) is 1. The van der Waals surface area contributed by atoms with E-state index in [1.807, 2.05) is 45.0 Å². The monoisotopic (exact) mass is 552 g/mol. The molecule has 0 radical (unpaired) electrons. The lowest BCUT2D eigenvalue weighted by atomic mass is 9.65. The number of amides is 2. The standard InChI is InChI=1S/C32H44N2O6/c1-6-9-10-11-20-39-30(38)26-25-28(36)34(18-12-19-35)27(32(25)16-15-31(26,8-3)40-32)29(37)33(17-7-2)24-21-22(4)13-14-23(24)5/h6-7,13-14,21,25-27,35H,1-2,8-12,15-20H2,3-5H3/t25-,26+,27?,31-,32?/m0/s1. The van der Waals surface area contributed by atoms with Gasteiger partial charge in [-0.25, -0.2) is 0 Å². The summed E-state index contributed by atoms with van der Waals surface area (Å²) in [5, 5.41) is 9.63. The van der Waals surface area contributed by atoms with Gasteiger partial charge >= 0.3 is 5.97 Å². The first-order valence-electron chi connectivity index (χ1n) is 14.6. The van der Waals surface area contributed by atoms with Crippen molar-refractivity contribution >= 4 is 23.5 Å². The topological polar surface area (TPSA) is 96.4 Å². The molecule has 2 bridgehead atoms. The van der Waals surface area contributed by atoms with E-state index in [2.05, 4.69) is 13.2 Å². The Labute approximate surface area is 238 Å². The van der Waals surface area contributed by atoms with E-state index in [4.69, 9.17) is 9.47 Å². The number of anilines is 1. The lowest BCUT2D eigenvalue weighted by Crippen LogP contribution is -2.56. The van der Waals surface area contributed by atoms with Crippen molar-refractivity contribution in [2.75, 3.05) is 31.2 Å². The summed E-state index contributed by atoms with van der Waals surface area (Å²) in [6, 6.07) is 5.02. The van der Waals surface area contributed by atoms with Crippen LogP contribution in [0.15, 0.2) is 43.5 Å². The SMILES string of the molecule is C=CCCCCOC(=O)[C@H]1[C@H]2C(=O)N(CCCO)C(C(=O)N(CC=C)c3cc(C)ccc3C)C23CC[C@]1(CC)O3. The van der Waals surface area contributed by atoms with E-state index in [1.54, 1.807) is 15.9 Å². The van der Waals surface area contributed by atoms with Crippen LogP contribution in [0.3, 0.4) is 0 Å². The number of aliphatic hydroxyl groups is 1. The zero-order chi connectivity index (χ0) is 29.1. The molecule has 3 aliphatic heterocycles. The molecule has 218 valence electrons. The van der Waals surface area contributed by atoms with E-state index < -0.39 is 35.0 Å². The number of allylic oxidation sites excluding steroid dienone is 1. The van der Waals surface area contributed by atoms with Crippen LogP contribution in [-0.4, -0.2) is 71.3 Å². The second-order valence-electron chi connectivity index (χ2n) is 11.4. The van der Waals surface area contributed by atoms with Gasteiger partial charge in [-0.2, -0.15) is 0 Å². The van der Waals surface area contributed by atoms with Gasteiger partial charge in [-0.05, 0) is 76.0 Å². The van der Waals surface area contributed by atoms with Gasteiger partial charge in [0, 0.05) is 25.4 Å². The highest BCUT2D eigenvalue weighted by atomic mass is 16.6. The quantitative estimate of drug-likeness (QED) is 0.211. The number of benzene rings is 1. The number of ether oxygens (including phenoxy) is 2. The fraction of sp³-hybridized carbons (Fsp3) is 0.594. The third kappa shape index (κ3) is 5.00. The molecule has 3 fully saturated rings. The maximum absolute atomic E-state index is 14.6. The molecule has 4 rings (SSSR count). The van der Waals surface area contributed by atoms with E-state index in [9.17, 15) is 19.5 Å². The predicted octanol–water partition coefficient (Wildman–Crippen LogP) is 4.26. The number of aliphatic hydroxyl groups excluding tert-OH is 1. The van der Waals surface area contributed by atoms with Crippen LogP contribution < -0.4 is 4.90 Å². The summed E-state index contributed by atoms with van der Waals surface area (Å²) in [6.07, 6.45) is 7.88. The average molecular weight is 553 g/mol. The molecule has 0 saturated carbocycles. The Kier molecular flexibility index (Phi) is 9.20. The fourth-order valence-corrected chi connectivity index (χ4v) is 7.08. The average Bonchev–Trinajstić information content (AvgIpc) is 3.55. The number of unbranched alkanes of at least 4 members (excludes halogenated alkanes) is 2. The molecular formula is C32H44N2O6. The van der Waals surface area contributed by atoms with Crippen LogP contribution in [0.4, 0.5) is 5.69 Å². The largest absolute Gasteiger partial charge is 0.465 e. The van der Waals surface area contributed by atoms with Crippen LogP contribution in [0, 0.1) is 25.7 Å². The smallest absolute Gasteiger partial charge is 0.312 e. The van der Waals surface area contributed by atoms with Crippen LogP contribution in [0.2, 0.25) is 0 Å². The van der Waals surface area contributed by atoms with Crippen molar-refractivity contribution in [1.82, 2.24) is 4.90 Å². The molecule has 0 aromatic heterocycles. The Morgan fingerprint density at radius 2 is 1.98 bits per heavy atom. The van der Waals surface area contributed by atoms with Gasteiger partial charge in [0.15, 0.2) is 0 Å².